The van der Waals surface area contributed by atoms with Crippen LogP contribution in [-0.2, 0) is 6.42 Å². The molecule has 2 aliphatic rings. The summed E-state index contributed by atoms with van der Waals surface area (Å²) in [6.45, 7) is 0. The van der Waals surface area contributed by atoms with Crippen LogP contribution in [-0.4, -0.2) is 5.38 Å². The molecule has 0 radical (unpaired) electrons. The Kier molecular flexibility index (Phi) is 3.49. The predicted molar refractivity (Wildman–Crippen MR) is 76.4 cm³/mol. The molecular weight excluding hydrogens is 296 g/mol. The van der Waals surface area contributed by atoms with Gasteiger partial charge in [0.2, 0.25) is 0 Å². The van der Waals surface area contributed by atoms with Crippen molar-refractivity contribution in [1.82, 2.24) is 0 Å². The molecule has 0 amide bonds. The highest BCUT2D eigenvalue weighted by molar-refractivity contribution is 9.10. The van der Waals surface area contributed by atoms with Gasteiger partial charge in [-0.3, -0.25) is 0 Å². The third kappa shape index (κ3) is 2.56. The van der Waals surface area contributed by atoms with Crippen molar-refractivity contribution in [3.05, 3.63) is 34.3 Å². The van der Waals surface area contributed by atoms with Crippen molar-refractivity contribution in [3.63, 3.8) is 0 Å². The Morgan fingerprint density at radius 1 is 1.29 bits per heavy atom. The molecule has 92 valence electrons. The van der Waals surface area contributed by atoms with E-state index >= 15 is 0 Å². The lowest BCUT2D eigenvalue weighted by Crippen LogP contribution is -2.23. The van der Waals surface area contributed by atoms with Gasteiger partial charge in [0.05, 0.1) is 0 Å². The van der Waals surface area contributed by atoms with Crippen LogP contribution in [0.5, 0.6) is 0 Å². The highest BCUT2D eigenvalue weighted by Gasteiger charge is 2.42. The normalized spacial score (nSPS) is 32.9. The van der Waals surface area contributed by atoms with Gasteiger partial charge in [-0.05, 0) is 61.1 Å². The second kappa shape index (κ2) is 4.93. The zero-order valence-electron chi connectivity index (χ0n) is 9.91. The fourth-order valence-corrected chi connectivity index (χ4v) is 4.71. The molecule has 1 aromatic carbocycles. The molecule has 1 aromatic rings. The molecule has 0 spiro atoms. The van der Waals surface area contributed by atoms with Crippen LogP contribution < -0.4 is 0 Å². The summed E-state index contributed by atoms with van der Waals surface area (Å²) in [5, 5.41) is 0.333. The minimum atomic E-state index is 0.333. The lowest BCUT2D eigenvalue weighted by molar-refractivity contribution is 0.319. The van der Waals surface area contributed by atoms with Gasteiger partial charge >= 0.3 is 0 Å². The van der Waals surface area contributed by atoms with Gasteiger partial charge in [0, 0.05) is 9.85 Å². The summed E-state index contributed by atoms with van der Waals surface area (Å²) in [6, 6.07) is 8.56. The van der Waals surface area contributed by atoms with Crippen molar-refractivity contribution in [2.45, 2.75) is 37.5 Å². The molecule has 4 unspecified atom stereocenters. The van der Waals surface area contributed by atoms with Crippen molar-refractivity contribution >= 4 is 27.5 Å². The Labute approximate surface area is 117 Å². The predicted octanol–water partition coefficient (Wildman–Crippen LogP) is 5.04. The van der Waals surface area contributed by atoms with Gasteiger partial charge in [-0.25, -0.2) is 0 Å². The zero-order valence-corrected chi connectivity index (χ0v) is 12.3. The summed E-state index contributed by atoms with van der Waals surface area (Å²) in [5.41, 5.74) is 1.36. The molecule has 2 aliphatic carbocycles. The lowest BCUT2D eigenvalue weighted by Gasteiger charge is -2.26. The zero-order chi connectivity index (χ0) is 11.8. The minimum Gasteiger partial charge on any atom is -0.122 e. The minimum absolute atomic E-state index is 0.333. The van der Waals surface area contributed by atoms with E-state index in [4.69, 9.17) is 11.6 Å². The molecule has 0 N–H and O–H groups in total. The number of alkyl halides is 1. The maximum atomic E-state index is 6.65. The van der Waals surface area contributed by atoms with Crippen molar-refractivity contribution in [2.24, 2.45) is 17.8 Å². The molecule has 0 heterocycles. The summed E-state index contributed by atoms with van der Waals surface area (Å²) in [4.78, 5) is 0. The first-order chi connectivity index (χ1) is 8.22. The molecule has 3 rings (SSSR count). The summed E-state index contributed by atoms with van der Waals surface area (Å²) in [5.74, 6) is 2.69. The quantitative estimate of drug-likeness (QED) is 0.686. The van der Waals surface area contributed by atoms with Gasteiger partial charge in [-0.15, -0.1) is 11.6 Å². The Bertz CT molecular complexity index is 404. The number of benzene rings is 1. The second-order valence-electron chi connectivity index (χ2n) is 5.69. The van der Waals surface area contributed by atoms with Gasteiger partial charge in [-0.2, -0.15) is 0 Å². The molecule has 2 fully saturated rings. The molecule has 0 saturated heterocycles. The van der Waals surface area contributed by atoms with E-state index in [-0.39, 0.29) is 0 Å². The fraction of sp³-hybridized carbons (Fsp3) is 0.600. The summed E-state index contributed by atoms with van der Waals surface area (Å²) in [6.07, 6.45) is 6.74. The maximum absolute atomic E-state index is 6.65. The van der Waals surface area contributed by atoms with E-state index in [1.165, 1.54) is 31.2 Å². The first kappa shape index (κ1) is 12.0. The Hall–Kier alpha value is -0.0100. The Morgan fingerprint density at radius 2 is 2.18 bits per heavy atom. The number of hydrogen-bond acceptors (Lipinski definition) is 0. The SMILES string of the molecule is ClC(Cc1cccc(Br)c1)C1CC2CCC1C2. The van der Waals surface area contributed by atoms with E-state index in [2.05, 4.69) is 40.2 Å². The largest absolute Gasteiger partial charge is 0.122 e. The highest BCUT2D eigenvalue weighted by atomic mass is 79.9. The number of halogens is 2. The van der Waals surface area contributed by atoms with Gasteiger partial charge in [0.1, 0.15) is 0 Å². The van der Waals surface area contributed by atoms with Crippen molar-refractivity contribution in [3.8, 4) is 0 Å². The highest BCUT2D eigenvalue weighted by Crippen LogP contribution is 2.50. The topological polar surface area (TPSA) is 0 Å². The molecule has 2 heteroatoms. The van der Waals surface area contributed by atoms with Gasteiger partial charge in [-0.1, -0.05) is 34.5 Å². The first-order valence-electron chi connectivity index (χ1n) is 6.61. The third-order valence-corrected chi connectivity index (χ3v) is 5.55. The van der Waals surface area contributed by atoms with E-state index < -0.39 is 0 Å². The van der Waals surface area contributed by atoms with E-state index in [0.717, 1.165) is 28.6 Å². The molecule has 17 heavy (non-hydrogen) atoms. The summed E-state index contributed by atoms with van der Waals surface area (Å²) in [7, 11) is 0. The molecule has 4 atom stereocenters. The molecule has 2 saturated carbocycles. The van der Waals surface area contributed by atoms with Crippen LogP contribution in [0.2, 0.25) is 0 Å². The fourth-order valence-electron chi connectivity index (χ4n) is 3.78. The van der Waals surface area contributed by atoms with Gasteiger partial charge in [0.25, 0.3) is 0 Å². The number of hydrogen-bond donors (Lipinski definition) is 0. The van der Waals surface area contributed by atoms with Crippen LogP contribution in [0.25, 0.3) is 0 Å². The molecule has 2 bridgehead atoms. The third-order valence-electron chi connectivity index (χ3n) is 4.58. The van der Waals surface area contributed by atoms with E-state index in [1.807, 2.05) is 0 Å². The number of fused-ring (bicyclic) bond motifs is 2. The second-order valence-corrected chi connectivity index (χ2v) is 7.17. The van der Waals surface area contributed by atoms with Crippen LogP contribution in [0.15, 0.2) is 28.7 Å². The van der Waals surface area contributed by atoms with Gasteiger partial charge < -0.3 is 0 Å². The standard InChI is InChI=1S/C15H18BrCl/c16-13-3-1-2-10(7-13)9-15(17)14-8-11-4-5-12(14)6-11/h1-3,7,11-12,14-15H,4-6,8-9H2. The monoisotopic (exact) mass is 312 g/mol. The average molecular weight is 314 g/mol. The van der Waals surface area contributed by atoms with Crippen LogP contribution in [0.1, 0.15) is 31.2 Å². The van der Waals surface area contributed by atoms with Crippen LogP contribution in [0.4, 0.5) is 0 Å². The number of rotatable bonds is 3. The van der Waals surface area contributed by atoms with Crippen molar-refractivity contribution in [2.75, 3.05) is 0 Å². The Balaban J connectivity index is 1.65. The van der Waals surface area contributed by atoms with E-state index in [1.54, 1.807) is 0 Å². The van der Waals surface area contributed by atoms with E-state index in [9.17, 15) is 0 Å². The van der Waals surface area contributed by atoms with Crippen molar-refractivity contribution < 1.29 is 0 Å². The molecule has 0 nitrogen and oxygen atoms in total. The maximum Gasteiger partial charge on any atom is 0.0407 e. The van der Waals surface area contributed by atoms with E-state index in [0.29, 0.717) is 5.38 Å². The molecular formula is C15H18BrCl. The first-order valence-corrected chi connectivity index (χ1v) is 7.84. The van der Waals surface area contributed by atoms with Crippen molar-refractivity contribution in [1.29, 1.82) is 0 Å². The van der Waals surface area contributed by atoms with Crippen LogP contribution in [0.3, 0.4) is 0 Å². The summed E-state index contributed by atoms with van der Waals surface area (Å²) >= 11 is 10.2. The smallest absolute Gasteiger partial charge is 0.0407 e. The molecule has 0 aromatic heterocycles. The average Bonchev–Trinajstić information content (AvgIpc) is 2.90. The molecule has 0 aliphatic heterocycles. The lowest BCUT2D eigenvalue weighted by atomic mass is 9.84. The summed E-state index contributed by atoms with van der Waals surface area (Å²) < 4.78 is 1.16. The Morgan fingerprint density at radius 3 is 2.82 bits per heavy atom. The van der Waals surface area contributed by atoms with Crippen LogP contribution >= 0.6 is 27.5 Å². The van der Waals surface area contributed by atoms with Crippen LogP contribution in [0, 0.1) is 17.8 Å². The van der Waals surface area contributed by atoms with Gasteiger partial charge in [0.15, 0.2) is 0 Å².